The molecule has 0 saturated heterocycles. The lowest BCUT2D eigenvalue weighted by molar-refractivity contribution is 0.0998. The third kappa shape index (κ3) is 2.83. The maximum Gasteiger partial charge on any atom is 0.279 e. The van der Waals surface area contributed by atoms with Gasteiger partial charge in [0, 0.05) is 12.1 Å². The Morgan fingerprint density at radius 1 is 1.32 bits per heavy atom. The number of allylic oxidation sites excluding steroid dienone is 1. The minimum atomic E-state index is -0.239. The maximum atomic E-state index is 12.7. The molecule has 2 heterocycles. The standard InChI is InChI=1S/C19H15N3OS2/c1-3-9-22-17-12(2)5-4-6-15(17)25-19(22)21-18(23)13-7-8-14-16(10-13)24-11-20-14/h3-8,10-11H,1,9H2,2H3. The fourth-order valence-corrected chi connectivity index (χ4v) is 4.66. The van der Waals surface area contributed by atoms with Crippen LogP contribution in [-0.4, -0.2) is 15.5 Å². The van der Waals surface area contributed by atoms with Crippen LogP contribution in [0, 0.1) is 6.92 Å². The van der Waals surface area contributed by atoms with Gasteiger partial charge in [0.2, 0.25) is 0 Å². The number of fused-ring (bicyclic) bond motifs is 2. The van der Waals surface area contributed by atoms with Crippen LogP contribution in [-0.2, 0) is 6.54 Å². The molecule has 0 saturated carbocycles. The molecule has 6 heteroatoms. The summed E-state index contributed by atoms with van der Waals surface area (Å²) in [4.78, 5) is 22.0. The lowest BCUT2D eigenvalue weighted by Gasteiger charge is -2.03. The molecule has 25 heavy (non-hydrogen) atoms. The first-order chi connectivity index (χ1) is 12.2. The van der Waals surface area contributed by atoms with Crippen molar-refractivity contribution >= 4 is 49.0 Å². The zero-order valence-corrected chi connectivity index (χ0v) is 15.2. The van der Waals surface area contributed by atoms with Gasteiger partial charge in [0.1, 0.15) is 0 Å². The number of carbonyl (C=O) groups excluding carboxylic acids is 1. The SMILES string of the molecule is C=CCn1c(=NC(=O)c2ccc3ncsc3c2)sc2cccc(C)c21. The number of aryl methyl sites for hydroxylation is 1. The zero-order valence-electron chi connectivity index (χ0n) is 13.6. The second-order valence-electron chi connectivity index (χ2n) is 5.66. The molecule has 4 aromatic rings. The predicted molar refractivity (Wildman–Crippen MR) is 104 cm³/mol. The lowest BCUT2D eigenvalue weighted by atomic mass is 10.2. The molecule has 0 radical (unpaired) electrons. The fourth-order valence-electron chi connectivity index (χ4n) is 2.83. The van der Waals surface area contributed by atoms with Gasteiger partial charge in [0.05, 0.1) is 25.9 Å². The van der Waals surface area contributed by atoms with Crippen molar-refractivity contribution < 1.29 is 4.79 Å². The molecular formula is C19H15N3OS2. The Hall–Kier alpha value is -2.57. The highest BCUT2D eigenvalue weighted by Gasteiger charge is 2.11. The predicted octanol–water partition coefficient (Wildman–Crippen LogP) is 4.55. The van der Waals surface area contributed by atoms with Crippen LogP contribution in [0.5, 0.6) is 0 Å². The van der Waals surface area contributed by atoms with E-state index in [2.05, 4.69) is 35.6 Å². The van der Waals surface area contributed by atoms with Crippen molar-refractivity contribution in [3.05, 3.63) is 70.5 Å². The Balaban J connectivity index is 1.87. The molecule has 0 aliphatic rings. The topological polar surface area (TPSA) is 47.2 Å². The molecule has 2 aromatic carbocycles. The highest BCUT2D eigenvalue weighted by Crippen LogP contribution is 2.22. The number of thiazole rings is 2. The van der Waals surface area contributed by atoms with Gasteiger partial charge in [-0.1, -0.05) is 29.5 Å². The van der Waals surface area contributed by atoms with E-state index in [1.54, 1.807) is 11.6 Å². The highest BCUT2D eigenvalue weighted by molar-refractivity contribution is 7.17. The second kappa shape index (κ2) is 6.38. The average Bonchev–Trinajstić information content (AvgIpc) is 3.20. The van der Waals surface area contributed by atoms with Crippen molar-refractivity contribution in [2.75, 3.05) is 0 Å². The van der Waals surface area contributed by atoms with Crippen LogP contribution in [0.2, 0.25) is 0 Å². The summed E-state index contributed by atoms with van der Waals surface area (Å²) in [6, 6.07) is 11.6. The monoisotopic (exact) mass is 365 g/mol. The summed E-state index contributed by atoms with van der Waals surface area (Å²) < 4.78 is 4.16. The summed E-state index contributed by atoms with van der Waals surface area (Å²) >= 11 is 3.05. The van der Waals surface area contributed by atoms with Crippen LogP contribution in [0.3, 0.4) is 0 Å². The summed E-state index contributed by atoms with van der Waals surface area (Å²) in [5.74, 6) is -0.239. The molecule has 0 unspecified atom stereocenters. The van der Waals surface area contributed by atoms with Gasteiger partial charge < -0.3 is 4.57 Å². The second-order valence-corrected chi connectivity index (χ2v) is 7.55. The van der Waals surface area contributed by atoms with Crippen molar-refractivity contribution in [3.63, 3.8) is 0 Å². The third-order valence-corrected chi connectivity index (χ3v) is 5.83. The van der Waals surface area contributed by atoms with Crippen molar-refractivity contribution in [1.82, 2.24) is 9.55 Å². The van der Waals surface area contributed by atoms with Gasteiger partial charge in [-0.05, 0) is 36.8 Å². The molecule has 0 spiro atoms. The quantitative estimate of drug-likeness (QED) is 0.500. The molecule has 0 N–H and O–H groups in total. The zero-order chi connectivity index (χ0) is 17.4. The lowest BCUT2D eigenvalue weighted by Crippen LogP contribution is -2.16. The summed E-state index contributed by atoms with van der Waals surface area (Å²) in [5, 5.41) is 0. The van der Waals surface area contributed by atoms with Gasteiger partial charge in [0.25, 0.3) is 5.91 Å². The van der Waals surface area contributed by atoms with Crippen molar-refractivity contribution in [2.24, 2.45) is 4.99 Å². The highest BCUT2D eigenvalue weighted by atomic mass is 32.1. The summed E-state index contributed by atoms with van der Waals surface area (Å²) in [5.41, 5.74) is 5.53. The Morgan fingerprint density at radius 3 is 3.04 bits per heavy atom. The van der Waals surface area contributed by atoms with E-state index in [1.807, 2.05) is 28.8 Å². The number of rotatable bonds is 3. The number of hydrogen-bond acceptors (Lipinski definition) is 4. The molecule has 0 fully saturated rings. The van der Waals surface area contributed by atoms with Crippen LogP contribution < -0.4 is 4.80 Å². The van der Waals surface area contributed by atoms with E-state index >= 15 is 0 Å². The van der Waals surface area contributed by atoms with Crippen LogP contribution in [0.15, 0.2) is 59.6 Å². The van der Waals surface area contributed by atoms with E-state index in [-0.39, 0.29) is 5.91 Å². The Morgan fingerprint density at radius 2 is 2.20 bits per heavy atom. The minimum absolute atomic E-state index is 0.239. The van der Waals surface area contributed by atoms with E-state index in [9.17, 15) is 4.79 Å². The molecule has 1 amide bonds. The fraction of sp³-hybridized carbons (Fsp3) is 0.105. The molecular weight excluding hydrogens is 350 g/mol. The Labute approximate surface area is 152 Å². The number of carbonyl (C=O) groups is 1. The summed E-state index contributed by atoms with van der Waals surface area (Å²) in [6.07, 6.45) is 1.82. The van der Waals surface area contributed by atoms with Gasteiger partial charge >= 0.3 is 0 Å². The average molecular weight is 365 g/mol. The number of hydrogen-bond donors (Lipinski definition) is 0. The van der Waals surface area contributed by atoms with Crippen LogP contribution in [0.1, 0.15) is 15.9 Å². The first-order valence-electron chi connectivity index (χ1n) is 7.79. The van der Waals surface area contributed by atoms with Gasteiger partial charge in [-0.15, -0.1) is 17.9 Å². The van der Waals surface area contributed by atoms with Crippen LogP contribution in [0.4, 0.5) is 0 Å². The van der Waals surface area contributed by atoms with Crippen molar-refractivity contribution in [1.29, 1.82) is 0 Å². The van der Waals surface area contributed by atoms with Gasteiger partial charge in [-0.25, -0.2) is 4.98 Å². The number of para-hydroxylation sites is 1. The Kier molecular flexibility index (Phi) is 4.07. The molecule has 4 nitrogen and oxygen atoms in total. The minimum Gasteiger partial charge on any atom is -0.312 e. The Bertz CT molecular complexity index is 1180. The van der Waals surface area contributed by atoms with E-state index in [4.69, 9.17) is 0 Å². The molecule has 2 aromatic heterocycles. The largest absolute Gasteiger partial charge is 0.312 e. The first-order valence-corrected chi connectivity index (χ1v) is 9.49. The van der Waals surface area contributed by atoms with Gasteiger partial charge in [-0.2, -0.15) is 4.99 Å². The summed E-state index contributed by atoms with van der Waals surface area (Å²) in [7, 11) is 0. The molecule has 0 aliphatic carbocycles. The first kappa shape index (κ1) is 15.9. The normalized spacial score (nSPS) is 12.1. The van der Waals surface area contributed by atoms with E-state index in [0.29, 0.717) is 16.9 Å². The molecule has 0 aliphatic heterocycles. The summed E-state index contributed by atoms with van der Waals surface area (Å²) in [6.45, 7) is 6.51. The van der Waals surface area contributed by atoms with Gasteiger partial charge in [-0.3, -0.25) is 4.79 Å². The molecule has 0 atom stereocenters. The van der Waals surface area contributed by atoms with E-state index in [0.717, 1.165) is 26.0 Å². The van der Waals surface area contributed by atoms with Crippen LogP contribution in [0.25, 0.3) is 20.4 Å². The van der Waals surface area contributed by atoms with Crippen molar-refractivity contribution in [3.8, 4) is 0 Å². The molecule has 0 bridgehead atoms. The number of nitrogens with zero attached hydrogens (tertiary/aromatic N) is 3. The molecule has 124 valence electrons. The molecule has 4 rings (SSSR count). The smallest absolute Gasteiger partial charge is 0.279 e. The van der Waals surface area contributed by atoms with E-state index < -0.39 is 0 Å². The third-order valence-electron chi connectivity index (χ3n) is 3.99. The van der Waals surface area contributed by atoms with Gasteiger partial charge in [0.15, 0.2) is 4.80 Å². The maximum absolute atomic E-state index is 12.7. The number of amides is 1. The van der Waals surface area contributed by atoms with Crippen LogP contribution >= 0.6 is 22.7 Å². The van der Waals surface area contributed by atoms with E-state index in [1.165, 1.54) is 22.7 Å². The number of aromatic nitrogens is 2. The van der Waals surface area contributed by atoms with Crippen molar-refractivity contribution in [2.45, 2.75) is 13.5 Å². The number of benzene rings is 2.